The van der Waals surface area contributed by atoms with Crippen molar-refractivity contribution in [3.05, 3.63) is 143 Å². The van der Waals surface area contributed by atoms with Gasteiger partial charge in [-0.3, -0.25) is 4.79 Å². The molecule has 0 aromatic heterocycles. The lowest BCUT2D eigenvalue weighted by Crippen LogP contribution is -2.54. The number of carbonyl (C=O) groups excluding carboxylic acids is 2. The molecule has 0 saturated heterocycles. The monoisotopic (exact) mass is 795 g/mol. The minimum atomic E-state index is -1.28. The third-order valence-corrected chi connectivity index (χ3v) is 14.3. The summed E-state index contributed by atoms with van der Waals surface area (Å²) in [7, 11) is 0. The lowest BCUT2D eigenvalue weighted by molar-refractivity contribution is -0.0876. The molecule has 2 saturated carbocycles. The molecule has 4 aromatic carbocycles. The number of hydrogen-bond acceptors (Lipinski definition) is 5. The van der Waals surface area contributed by atoms with E-state index in [1.165, 1.54) is 5.57 Å². The van der Waals surface area contributed by atoms with Crippen molar-refractivity contribution in [2.75, 3.05) is 6.54 Å². The molecule has 0 radical (unpaired) electrons. The van der Waals surface area contributed by atoms with Crippen molar-refractivity contribution < 1.29 is 24.5 Å². The van der Waals surface area contributed by atoms with E-state index >= 15 is 4.79 Å². The van der Waals surface area contributed by atoms with Crippen molar-refractivity contribution in [1.82, 2.24) is 4.90 Å². The van der Waals surface area contributed by atoms with Gasteiger partial charge in [0.25, 0.3) is 0 Å². The molecule has 4 aromatic rings. The van der Waals surface area contributed by atoms with Crippen molar-refractivity contribution in [1.29, 1.82) is 0 Å². The first kappa shape index (κ1) is 42.6. The fourth-order valence-electron chi connectivity index (χ4n) is 10.7. The fourth-order valence-corrected chi connectivity index (χ4v) is 10.7. The smallest absolute Gasteiger partial charge is 0.410 e. The van der Waals surface area contributed by atoms with E-state index in [1.807, 2.05) is 91.0 Å². The zero-order valence-electron chi connectivity index (χ0n) is 35.9. The molecule has 0 spiro atoms. The summed E-state index contributed by atoms with van der Waals surface area (Å²) in [6.45, 7) is 11.5. The first-order chi connectivity index (χ1) is 28.3. The maximum Gasteiger partial charge on any atom is 0.410 e. The minimum absolute atomic E-state index is 0.0629. The zero-order chi connectivity index (χ0) is 41.7. The summed E-state index contributed by atoms with van der Waals surface area (Å²) in [6.07, 6.45) is 8.59. The number of nitrogens with zero attached hydrogens (tertiary/aromatic N) is 1. The maximum absolute atomic E-state index is 15.1. The van der Waals surface area contributed by atoms with Crippen molar-refractivity contribution in [3.63, 3.8) is 0 Å². The van der Waals surface area contributed by atoms with Crippen LogP contribution in [-0.2, 0) is 17.7 Å². The van der Waals surface area contributed by atoms with Crippen LogP contribution in [0.5, 0.6) is 0 Å². The number of amides is 1. The number of aliphatic hydroxyl groups excluding tert-OH is 1. The van der Waals surface area contributed by atoms with Gasteiger partial charge in [0.1, 0.15) is 6.10 Å². The van der Waals surface area contributed by atoms with Crippen molar-refractivity contribution in [3.8, 4) is 11.1 Å². The second-order valence-electron chi connectivity index (χ2n) is 18.8. The van der Waals surface area contributed by atoms with E-state index in [2.05, 4.69) is 52.8 Å². The SMILES string of the molecule is CC1=CCC[C@@]2(C)[C@@H](CC[C@@]2(O)CN(Cc2ccccc2)C(=O)O[C@H]2C[C@@H](C)CC[C@@H]2C(C)C)c2ccc(cc2C(=O)c2ccccc2-c2ccccc2)C[C@@H](O)CC1. The normalized spacial score (nSPS) is 27.4. The van der Waals surface area contributed by atoms with E-state index in [9.17, 15) is 15.0 Å². The number of ether oxygens (including phenoxy) is 1. The van der Waals surface area contributed by atoms with Crippen molar-refractivity contribution in [2.45, 2.75) is 129 Å². The van der Waals surface area contributed by atoms with Gasteiger partial charge in [-0.1, -0.05) is 143 Å². The van der Waals surface area contributed by atoms with Gasteiger partial charge in [-0.2, -0.15) is 0 Å². The number of rotatable bonds is 9. The molecule has 4 aliphatic rings. The number of carbonyl (C=O) groups is 2. The third kappa shape index (κ3) is 9.45. The van der Waals surface area contributed by atoms with Gasteiger partial charge in [0, 0.05) is 23.1 Å². The Balaban J connectivity index is 1.30. The summed E-state index contributed by atoms with van der Waals surface area (Å²) in [5, 5.41) is 24.5. The predicted octanol–water partition coefficient (Wildman–Crippen LogP) is 11.7. The predicted molar refractivity (Wildman–Crippen MR) is 237 cm³/mol. The number of ketones is 1. The summed E-state index contributed by atoms with van der Waals surface area (Å²) in [6, 6.07) is 34.0. The maximum atomic E-state index is 15.1. The molecule has 7 atom stereocenters. The Morgan fingerprint density at radius 2 is 1.58 bits per heavy atom. The average Bonchev–Trinajstić information content (AvgIpc) is 3.48. The lowest BCUT2D eigenvalue weighted by Gasteiger charge is -2.46. The van der Waals surface area contributed by atoms with E-state index in [0.717, 1.165) is 59.9 Å². The van der Waals surface area contributed by atoms with Gasteiger partial charge in [-0.15, -0.1) is 0 Å². The molecule has 6 heteroatoms. The highest BCUT2D eigenvalue weighted by molar-refractivity contribution is 6.13. The summed E-state index contributed by atoms with van der Waals surface area (Å²) in [5.74, 6) is 0.939. The van der Waals surface area contributed by atoms with Crippen LogP contribution in [0.15, 0.2) is 115 Å². The Morgan fingerprint density at radius 3 is 2.32 bits per heavy atom. The van der Waals surface area contributed by atoms with Crippen LogP contribution >= 0.6 is 0 Å². The molecule has 59 heavy (non-hydrogen) atoms. The second kappa shape index (κ2) is 18.4. The van der Waals surface area contributed by atoms with Crippen LogP contribution < -0.4 is 0 Å². The minimum Gasteiger partial charge on any atom is -0.446 e. The molecule has 6 nitrogen and oxygen atoms in total. The fraction of sp³-hybridized carbons (Fsp3) is 0.472. The standard InChI is InChI=1S/C53H65NO5/c1-36(2)43-26-23-38(4)31-49(43)59-51(57)54(34-39-16-8-6-9-17-39)35-53(58)30-28-48-45-27-24-40(32-42(55)25-22-37(3)15-14-29-52(48,53)5)33-47(45)50(56)46-21-13-12-20-44(46)41-18-10-7-11-19-41/h6-13,15-21,24,27,33,36,38,42-43,48-49,55,58H,14,22-23,25-26,28-32,34-35H2,1-5H3/t38-,42-,43+,48-,49-,52-,53+/m0/s1. The van der Waals surface area contributed by atoms with Gasteiger partial charge < -0.3 is 19.8 Å². The molecule has 0 heterocycles. The van der Waals surface area contributed by atoms with E-state index in [0.29, 0.717) is 67.5 Å². The average molecular weight is 796 g/mol. The Labute approximate surface area is 352 Å². The second-order valence-corrected chi connectivity index (χ2v) is 18.8. The van der Waals surface area contributed by atoms with E-state index in [4.69, 9.17) is 4.74 Å². The number of hydrogen-bond donors (Lipinski definition) is 2. The quantitative estimate of drug-likeness (QED) is 0.130. The molecule has 1 amide bonds. The lowest BCUT2D eigenvalue weighted by atomic mass is 9.64. The Kier molecular flexibility index (Phi) is 13.3. The molecule has 312 valence electrons. The molecular weight excluding hydrogens is 731 g/mol. The highest BCUT2D eigenvalue weighted by Crippen LogP contribution is 2.59. The zero-order valence-corrected chi connectivity index (χ0v) is 35.9. The Bertz CT molecular complexity index is 2090. The van der Waals surface area contributed by atoms with E-state index < -0.39 is 17.1 Å². The van der Waals surface area contributed by atoms with Crippen LogP contribution in [-0.4, -0.2) is 51.3 Å². The molecule has 8 rings (SSSR count). The summed E-state index contributed by atoms with van der Waals surface area (Å²) in [5.41, 5.74) is 5.15. The van der Waals surface area contributed by atoms with Crippen LogP contribution in [0.3, 0.4) is 0 Å². The van der Waals surface area contributed by atoms with Crippen LogP contribution in [0.1, 0.15) is 131 Å². The first-order valence-corrected chi connectivity index (χ1v) is 22.2. The molecule has 2 bridgehead atoms. The number of allylic oxidation sites excluding steroid dienone is 2. The topological polar surface area (TPSA) is 87.1 Å². The van der Waals surface area contributed by atoms with Crippen LogP contribution in [0.25, 0.3) is 11.1 Å². The molecular formula is C53H65NO5. The molecule has 4 aliphatic carbocycles. The van der Waals surface area contributed by atoms with E-state index in [-0.39, 0.29) is 30.4 Å². The largest absolute Gasteiger partial charge is 0.446 e. The van der Waals surface area contributed by atoms with Gasteiger partial charge in [0.05, 0.1) is 18.2 Å². The summed E-state index contributed by atoms with van der Waals surface area (Å²) in [4.78, 5) is 31.5. The number of aliphatic hydroxyl groups is 2. The first-order valence-electron chi connectivity index (χ1n) is 22.2. The van der Waals surface area contributed by atoms with Crippen LogP contribution in [0.4, 0.5) is 4.79 Å². The highest BCUT2D eigenvalue weighted by Gasteiger charge is 2.58. The number of fused-ring (bicyclic) bond motifs is 8. The number of benzene rings is 4. The van der Waals surface area contributed by atoms with Gasteiger partial charge in [0.15, 0.2) is 5.78 Å². The highest BCUT2D eigenvalue weighted by atomic mass is 16.6. The molecule has 2 N–H and O–H groups in total. The van der Waals surface area contributed by atoms with Gasteiger partial charge in [-0.05, 0) is 122 Å². The van der Waals surface area contributed by atoms with Crippen LogP contribution in [0.2, 0.25) is 0 Å². The Hall–Kier alpha value is -4.52. The Morgan fingerprint density at radius 1 is 0.864 bits per heavy atom. The molecule has 0 unspecified atom stereocenters. The third-order valence-electron chi connectivity index (χ3n) is 14.3. The van der Waals surface area contributed by atoms with Gasteiger partial charge in [-0.25, -0.2) is 4.79 Å². The van der Waals surface area contributed by atoms with E-state index in [1.54, 1.807) is 4.90 Å². The summed E-state index contributed by atoms with van der Waals surface area (Å²) >= 11 is 0. The molecule has 2 fully saturated rings. The summed E-state index contributed by atoms with van der Waals surface area (Å²) < 4.78 is 6.52. The van der Waals surface area contributed by atoms with Crippen molar-refractivity contribution in [2.24, 2.45) is 23.2 Å². The van der Waals surface area contributed by atoms with Crippen LogP contribution in [0, 0.1) is 23.2 Å². The molecule has 0 aliphatic heterocycles. The van der Waals surface area contributed by atoms with Gasteiger partial charge in [0.2, 0.25) is 0 Å². The van der Waals surface area contributed by atoms with Gasteiger partial charge >= 0.3 is 6.09 Å². The van der Waals surface area contributed by atoms with Crippen molar-refractivity contribution >= 4 is 11.9 Å².